The van der Waals surface area contributed by atoms with Crippen LogP contribution in [0, 0.1) is 5.92 Å². The van der Waals surface area contributed by atoms with Crippen LogP contribution in [0.3, 0.4) is 0 Å². The number of carbonyl (C=O) groups excluding carboxylic acids is 2. The molecule has 0 saturated heterocycles. The van der Waals surface area contributed by atoms with E-state index in [2.05, 4.69) is 18.5 Å². The van der Waals surface area contributed by atoms with E-state index < -0.39 is 0 Å². The summed E-state index contributed by atoms with van der Waals surface area (Å²) in [6.07, 6.45) is 5.27. The van der Waals surface area contributed by atoms with E-state index in [9.17, 15) is 9.59 Å². The second-order valence-corrected chi connectivity index (χ2v) is 6.18. The highest BCUT2D eigenvalue weighted by atomic mass is 16.5. The molecule has 3 atom stereocenters. The molecule has 4 nitrogen and oxygen atoms in total. The molecule has 1 amide bonds. The van der Waals surface area contributed by atoms with Gasteiger partial charge >= 0.3 is 5.97 Å². The molecule has 24 heavy (non-hydrogen) atoms. The summed E-state index contributed by atoms with van der Waals surface area (Å²) in [5, 5.41) is 3.01. The summed E-state index contributed by atoms with van der Waals surface area (Å²) in [6, 6.07) is 7.60. The van der Waals surface area contributed by atoms with Crippen molar-refractivity contribution in [1.29, 1.82) is 0 Å². The molecule has 0 unspecified atom stereocenters. The predicted molar refractivity (Wildman–Crippen MR) is 94.3 cm³/mol. The van der Waals surface area contributed by atoms with Crippen molar-refractivity contribution in [3.63, 3.8) is 0 Å². The zero-order chi connectivity index (χ0) is 17.5. The summed E-state index contributed by atoms with van der Waals surface area (Å²) in [5.41, 5.74) is 2.14. The number of rotatable bonds is 8. The number of allylic oxidation sites excluding steroid dienone is 2. The Balaban J connectivity index is 2.11. The number of nitrogens with one attached hydrogen (secondary N) is 1. The summed E-state index contributed by atoms with van der Waals surface area (Å²) in [7, 11) is 0. The van der Waals surface area contributed by atoms with Gasteiger partial charge in [-0.1, -0.05) is 43.3 Å². The number of ether oxygens (including phenoxy) is 1. The van der Waals surface area contributed by atoms with Crippen LogP contribution in [0.15, 0.2) is 49.6 Å². The Hall–Kier alpha value is -2.36. The van der Waals surface area contributed by atoms with E-state index in [1.165, 1.54) is 0 Å². The van der Waals surface area contributed by atoms with Gasteiger partial charge in [-0.2, -0.15) is 0 Å². The van der Waals surface area contributed by atoms with Crippen molar-refractivity contribution in [2.75, 3.05) is 0 Å². The van der Waals surface area contributed by atoms with Gasteiger partial charge in [-0.3, -0.25) is 9.59 Å². The fourth-order valence-corrected chi connectivity index (χ4v) is 2.93. The number of amides is 1. The molecule has 0 heterocycles. The van der Waals surface area contributed by atoms with Gasteiger partial charge in [0, 0.05) is 12.8 Å². The minimum absolute atomic E-state index is 0.0585. The third-order valence-corrected chi connectivity index (χ3v) is 4.27. The molecule has 128 valence electrons. The molecule has 0 radical (unpaired) electrons. The Morgan fingerprint density at radius 1 is 1.33 bits per heavy atom. The molecule has 0 aromatic heterocycles. The van der Waals surface area contributed by atoms with Crippen molar-refractivity contribution in [1.82, 2.24) is 5.32 Å². The van der Waals surface area contributed by atoms with E-state index in [0.717, 1.165) is 11.1 Å². The smallest absolute Gasteiger partial charge is 0.309 e. The monoisotopic (exact) mass is 327 g/mol. The number of benzene rings is 1. The van der Waals surface area contributed by atoms with Crippen LogP contribution in [0.5, 0.6) is 0 Å². The van der Waals surface area contributed by atoms with Gasteiger partial charge in [-0.15, -0.1) is 13.2 Å². The maximum atomic E-state index is 12.2. The third kappa shape index (κ3) is 4.34. The molecule has 1 N–H and O–H groups in total. The van der Waals surface area contributed by atoms with E-state index >= 15 is 0 Å². The number of hydrogen-bond donors (Lipinski definition) is 1. The van der Waals surface area contributed by atoms with Gasteiger partial charge < -0.3 is 10.1 Å². The molecular formula is C20H25NO3. The second kappa shape index (κ2) is 8.48. The number of carbonyl (C=O) groups is 2. The molecule has 1 aliphatic rings. The lowest BCUT2D eigenvalue weighted by Gasteiger charge is -2.23. The highest BCUT2D eigenvalue weighted by Crippen LogP contribution is 2.34. The van der Waals surface area contributed by atoms with Crippen molar-refractivity contribution < 1.29 is 14.3 Å². The molecule has 0 spiro atoms. The first-order valence-electron chi connectivity index (χ1n) is 8.36. The lowest BCUT2D eigenvalue weighted by atomic mass is 10.1. The Morgan fingerprint density at radius 2 is 2.08 bits per heavy atom. The SMILES string of the molecule is C=CCCC(=O)N[C@@H]1c2ccccc2C[C@@H]1OC(=O)[C@H](C)CC=C. The molecule has 0 bridgehead atoms. The molecular weight excluding hydrogens is 302 g/mol. The zero-order valence-electron chi connectivity index (χ0n) is 14.2. The summed E-state index contributed by atoms with van der Waals surface area (Å²) in [6.45, 7) is 9.11. The van der Waals surface area contributed by atoms with Gasteiger partial charge in [0.25, 0.3) is 0 Å². The number of fused-ring (bicyclic) bond motifs is 1. The van der Waals surface area contributed by atoms with Crippen LogP contribution in [-0.4, -0.2) is 18.0 Å². The van der Waals surface area contributed by atoms with Crippen LogP contribution in [0.1, 0.15) is 43.4 Å². The fourth-order valence-electron chi connectivity index (χ4n) is 2.93. The fraction of sp³-hybridized carbons (Fsp3) is 0.400. The normalized spacial score (nSPS) is 19.9. The first-order chi connectivity index (χ1) is 11.6. The number of hydrogen-bond acceptors (Lipinski definition) is 3. The Labute approximate surface area is 143 Å². The van der Waals surface area contributed by atoms with Crippen molar-refractivity contribution in [3.8, 4) is 0 Å². The lowest BCUT2D eigenvalue weighted by Crippen LogP contribution is -2.37. The van der Waals surface area contributed by atoms with Gasteiger partial charge in [0.15, 0.2) is 0 Å². The minimum atomic E-state index is -0.366. The van der Waals surface area contributed by atoms with Crippen LogP contribution >= 0.6 is 0 Å². The molecule has 2 rings (SSSR count). The van der Waals surface area contributed by atoms with Gasteiger partial charge in [-0.05, 0) is 24.0 Å². The first-order valence-corrected chi connectivity index (χ1v) is 8.36. The largest absolute Gasteiger partial charge is 0.459 e. The topological polar surface area (TPSA) is 55.4 Å². The molecule has 1 aromatic rings. The van der Waals surface area contributed by atoms with Gasteiger partial charge in [-0.25, -0.2) is 0 Å². The second-order valence-electron chi connectivity index (χ2n) is 6.18. The third-order valence-electron chi connectivity index (χ3n) is 4.27. The summed E-state index contributed by atoms with van der Waals surface area (Å²) in [4.78, 5) is 24.4. The molecule has 1 aromatic carbocycles. The van der Waals surface area contributed by atoms with Crippen molar-refractivity contribution >= 4 is 11.9 Å². The van der Waals surface area contributed by atoms with Crippen LogP contribution in [-0.2, 0) is 20.7 Å². The average molecular weight is 327 g/mol. The van der Waals surface area contributed by atoms with Crippen molar-refractivity contribution in [2.45, 2.75) is 44.8 Å². The van der Waals surface area contributed by atoms with E-state index in [1.54, 1.807) is 12.2 Å². The molecule has 0 aliphatic heterocycles. The molecule has 4 heteroatoms. The Morgan fingerprint density at radius 3 is 2.79 bits per heavy atom. The minimum Gasteiger partial charge on any atom is -0.459 e. The van der Waals surface area contributed by atoms with Crippen LogP contribution in [0.25, 0.3) is 0 Å². The highest BCUT2D eigenvalue weighted by molar-refractivity contribution is 5.77. The number of esters is 1. The van der Waals surface area contributed by atoms with Gasteiger partial charge in [0.05, 0.1) is 12.0 Å². The zero-order valence-corrected chi connectivity index (χ0v) is 14.2. The highest BCUT2D eigenvalue weighted by Gasteiger charge is 2.36. The van der Waals surface area contributed by atoms with E-state index in [-0.39, 0.29) is 29.9 Å². The van der Waals surface area contributed by atoms with Crippen molar-refractivity contribution in [2.24, 2.45) is 5.92 Å². The Kier molecular flexibility index (Phi) is 6.36. The van der Waals surface area contributed by atoms with Crippen LogP contribution < -0.4 is 5.32 Å². The maximum Gasteiger partial charge on any atom is 0.309 e. The Bertz CT molecular complexity index is 623. The predicted octanol–water partition coefficient (Wildman–Crippen LogP) is 3.49. The van der Waals surface area contributed by atoms with Gasteiger partial charge in [0.2, 0.25) is 5.91 Å². The average Bonchev–Trinajstić information content (AvgIpc) is 2.90. The summed E-state index contributed by atoms with van der Waals surface area (Å²) < 4.78 is 5.70. The first kappa shape index (κ1) is 18.0. The van der Waals surface area contributed by atoms with Crippen LogP contribution in [0.4, 0.5) is 0 Å². The van der Waals surface area contributed by atoms with Crippen molar-refractivity contribution in [3.05, 3.63) is 60.7 Å². The lowest BCUT2D eigenvalue weighted by molar-refractivity contribution is -0.155. The quantitative estimate of drug-likeness (QED) is 0.587. The van der Waals surface area contributed by atoms with Crippen LogP contribution in [0.2, 0.25) is 0 Å². The summed E-state index contributed by atoms with van der Waals surface area (Å²) in [5.74, 6) is -0.543. The van der Waals surface area contributed by atoms with E-state index in [1.807, 2.05) is 31.2 Å². The molecule has 0 saturated carbocycles. The molecule has 1 aliphatic carbocycles. The molecule has 0 fully saturated rings. The maximum absolute atomic E-state index is 12.2. The van der Waals surface area contributed by atoms with Gasteiger partial charge in [0.1, 0.15) is 6.10 Å². The van der Waals surface area contributed by atoms with E-state index in [0.29, 0.717) is 25.7 Å². The van der Waals surface area contributed by atoms with E-state index in [4.69, 9.17) is 4.74 Å². The summed E-state index contributed by atoms with van der Waals surface area (Å²) >= 11 is 0. The standard InChI is InChI=1S/C20H25NO3/c1-4-6-12-18(22)21-19-16-11-8-7-10-15(16)13-17(19)24-20(23)14(3)9-5-2/h4-5,7-8,10-11,14,17,19H,1-2,6,9,12-13H2,3H3,(H,21,22)/t14-,17+,19-/m1/s1.